The van der Waals surface area contributed by atoms with Gasteiger partial charge >= 0.3 is 0 Å². The summed E-state index contributed by atoms with van der Waals surface area (Å²) in [5.74, 6) is 0.328. The molecule has 2 aromatic carbocycles. The number of amides is 1. The van der Waals surface area contributed by atoms with Crippen LogP contribution in [0.5, 0.6) is 5.75 Å². The molecule has 0 aliphatic heterocycles. The first kappa shape index (κ1) is 21.2. The van der Waals surface area contributed by atoms with Crippen LogP contribution in [0, 0.1) is 0 Å². The Balaban J connectivity index is 2.06. The van der Waals surface area contributed by atoms with Gasteiger partial charge in [0, 0.05) is 11.0 Å². The number of carbonyl (C=O) groups excluding carboxylic acids is 1. The molecule has 2 rings (SSSR count). The Kier molecular flexibility index (Phi) is 7.26. The van der Waals surface area contributed by atoms with Crippen LogP contribution in [0.3, 0.4) is 0 Å². The SMILES string of the molecule is CC(C)Oc1cccc(CNC(=O)CN(c2ccccc2Br)S(C)(=O)=O)c1. The predicted octanol–water partition coefficient (Wildman–Crippen LogP) is 3.32. The van der Waals surface area contributed by atoms with E-state index in [2.05, 4.69) is 21.2 Å². The molecule has 8 heteroatoms. The van der Waals surface area contributed by atoms with Crippen LogP contribution in [0.4, 0.5) is 5.69 Å². The Morgan fingerprint density at radius 1 is 1.19 bits per heavy atom. The molecular formula is C19H23BrN2O4S. The number of anilines is 1. The van der Waals surface area contributed by atoms with Crippen molar-refractivity contribution in [1.82, 2.24) is 5.32 Å². The molecule has 6 nitrogen and oxygen atoms in total. The second-order valence-electron chi connectivity index (χ2n) is 6.31. The molecule has 146 valence electrons. The molecule has 2 aromatic rings. The van der Waals surface area contributed by atoms with E-state index < -0.39 is 15.9 Å². The lowest BCUT2D eigenvalue weighted by Gasteiger charge is -2.23. The molecule has 0 saturated carbocycles. The highest BCUT2D eigenvalue weighted by Gasteiger charge is 2.22. The number of benzene rings is 2. The molecule has 0 bridgehead atoms. The van der Waals surface area contributed by atoms with E-state index in [4.69, 9.17) is 4.74 Å². The number of halogens is 1. The molecule has 0 fully saturated rings. The average molecular weight is 455 g/mol. The second-order valence-corrected chi connectivity index (χ2v) is 9.07. The fourth-order valence-electron chi connectivity index (χ4n) is 2.42. The Bertz CT molecular complexity index is 900. The van der Waals surface area contributed by atoms with Crippen molar-refractivity contribution < 1.29 is 17.9 Å². The summed E-state index contributed by atoms with van der Waals surface area (Å²) in [6.45, 7) is 3.86. The number of rotatable bonds is 8. The van der Waals surface area contributed by atoms with E-state index in [-0.39, 0.29) is 19.2 Å². The third kappa shape index (κ3) is 6.55. The summed E-state index contributed by atoms with van der Waals surface area (Å²) in [5.41, 5.74) is 1.29. The molecule has 1 N–H and O–H groups in total. The van der Waals surface area contributed by atoms with Crippen molar-refractivity contribution in [3.63, 3.8) is 0 Å². The van der Waals surface area contributed by atoms with Gasteiger partial charge in [-0.05, 0) is 59.6 Å². The summed E-state index contributed by atoms with van der Waals surface area (Å²) in [4.78, 5) is 12.4. The smallest absolute Gasteiger partial charge is 0.241 e. The van der Waals surface area contributed by atoms with Crippen molar-refractivity contribution in [1.29, 1.82) is 0 Å². The summed E-state index contributed by atoms with van der Waals surface area (Å²) >= 11 is 3.33. The summed E-state index contributed by atoms with van der Waals surface area (Å²) in [7, 11) is -3.62. The largest absolute Gasteiger partial charge is 0.491 e. The van der Waals surface area contributed by atoms with Crippen LogP contribution < -0.4 is 14.4 Å². The molecule has 0 atom stereocenters. The molecule has 0 spiro atoms. The minimum absolute atomic E-state index is 0.0579. The molecule has 0 aliphatic rings. The van der Waals surface area contributed by atoms with Crippen LogP contribution >= 0.6 is 15.9 Å². The van der Waals surface area contributed by atoms with Crippen molar-refractivity contribution in [3.8, 4) is 5.75 Å². The fraction of sp³-hybridized carbons (Fsp3) is 0.316. The van der Waals surface area contributed by atoms with Gasteiger partial charge in [-0.15, -0.1) is 0 Å². The van der Waals surface area contributed by atoms with Gasteiger partial charge in [0.2, 0.25) is 15.9 Å². The predicted molar refractivity (Wildman–Crippen MR) is 110 cm³/mol. The average Bonchev–Trinajstić information content (AvgIpc) is 2.57. The van der Waals surface area contributed by atoms with E-state index in [9.17, 15) is 13.2 Å². The van der Waals surface area contributed by atoms with Crippen molar-refractivity contribution in [2.24, 2.45) is 0 Å². The standard InChI is InChI=1S/C19H23BrN2O4S/c1-14(2)26-16-8-6-7-15(11-16)12-21-19(23)13-22(27(3,24)25)18-10-5-4-9-17(18)20/h4-11,14H,12-13H2,1-3H3,(H,21,23). The molecular weight excluding hydrogens is 432 g/mol. The number of para-hydroxylation sites is 1. The van der Waals surface area contributed by atoms with E-state index in [0.717, 1.165) is 21.9 Å². The molecule has 0 radical (unpaired) electrons. The maximum Gasteiger partial charge on any atom is 0.241 e. The zero-order chi connectivity index (χ0) is 20.0. The summed E-state index contributed by atoms with van der Waals surface area (Å²) in [5, 5.41) is 2.76. The monoisotopic (exact) mass is 454 g/mol. The van der Waals surface area contributed by atoms with Gasteiger partial charge in [0.05, 0.1) is 18.0 Å². The van der Waals surface area contributed by atoms with E-state index in [1.807, 2.05) is 38.1 Å². The minimum Gasteiger partial charge on any atom is -0.491 e. The van der Waals surface area contributed by atoms with Gasteiger partial charge in [-0.3, -0.25) is 9.10 Å². The maximum atomic E-state index is 12.4. The van der Waals surface area contributed by atoms with Crippen molar-refractivity contribution in [3.05, 3.63) is 58.6 Å². The molecule has 0 saturated heterocycles. The quantitative estimate of drug-likeness (QED) is 0.663. The number of ether oxygens (including phenoxy) is 1. The van der Waals surface area contributed by atoms with Gasteiger partial charge in [0.1, 0.15) is 12.3 Å². The van der Waals surface area contributed by atoms with Gasteiger partial charge in [-0.1, -0.05) is 24.3 Å². The lowest BCUT2D eigenvalue weighted by Crippen LogP contribution is -2.40. The number of nitrogens with zero attached hydrogens (tertiary/aromatic N) is 1. The molecule has 1 amide bonds. The second kappa shape index (κ2) is 9.23. The lowest BCUT2D eigenvalue weighted by molar-refractivity contribution is -0.119. The van der Waals surface area contributed by atoms with Crippen molar-refractivity contribution >= 4 is 37.5 Å². The Hall–Kier alpha value is -2.06. The third-order valence-electron chi connectivity index (χ3n) is 3.57. The number of carbonyl (C=O) groups is 1. The molecule has 0 aliphatic carbocycles. The summed E-state index contributed by atoms with van der Waals surface area (Å²) in [6, 6.07) is 14.3. The first-order valence-electron chi connectivity index (χ1n) is 8.41. The van der Waals surface area contributed by atoms with Crippen LogP contribution in [-0.2, 0) is 21.4 Å². The lowest BCUT2D eigenvalue weighted by atomic mass is 10.2. The number of hydrogen-bond acceptors (Lipinski definition) is 4. The highest BCUT2D eigenvalue weighted by molar-refractivity contribution is 9.10. The van der Waals surface area contributed by atoms with Crippen LogP contribution in [0.15, 0.2) is 53.0 Å². The van der Waals surface area contributed by atoms with Gasteiger partial charge in [-0.25, -0.2) is 8.42 Å². The highest BCUT2D eigenvalue weighted by atomic mass is 79.9. The van der Waals surface area contributed by atoms with Crippen LogP contribution in [-0.4, -0.2) is 33.2 Å². The maximum absolute atomic E-state index is 12.4. The topological polar surface area (TPSA) is 75.7 Å². The Labute approximate surface area is 168 Å². The van der Waals surface area contributed by atoms with E-state index in [1.54, 1.807) is 24.3 Å². The molecule has 0 aromatic heterocycles. The first-order chi connectivity index (χ1) is 12.7. The fourth-order valence-corrected chi connectivity index (χ4v) is 3.91. The Morgan fingerprint density at radius 2 is 1.89 bits per heavy atom. The summed E-state index contributed by atoms with van der Waals surface area (Å²) < 4.78 is 31.6. The van der Waals surface area contributed by atoms with Crippen molar-refractivity contribution in [2.45, 2.75) is 26.5 Å². The van der Waals surface area contributed by atoms with Gasteiger partial charge in [0.15, 0.2) is 0 Å². The van der Waals surface area contributed by atoms with Crippen molar-refractivity contribution in [2.75, 3.05) is 17.1 Å². The first-order valence-corrected chi connectivity index (χ1v) is 11.1. The van der Waals surface area contributed by atoms with Gasteiger partial charge in [-0.2, -0.15) is 0 Å². The number of sulfonamides is 1. The van der Waals surface area contributed by atoms with E-state index >= 15 is 0 Å². The number of hydrogen-bond donors (Lipinski definition) is 1. The van der Waals surface area contributed by atoms with Crippen LogP contribution in [0.1, 0.15) is 19.4 Å². The van der Waals surface area contributed by atoms with Gasteiger partial charge in [0.25, 0.3) is 0 Å². The zero-order valence-corrected chi connectivity index (χ0v) is 17.9. The molecule has 27 heavy (non-hydrogen) atoms. The zero-order valence-electron chi connectivity index (χ0n) is 15.5. The van der Waals surface area contributed by atoms with E-state index in [1.165, 1.54) is 0 Å². The molecule has 0 unspecified atom stereocenters. The van der Waals surface area contributed by atoms with Crippen LogP contribution in [0.2, 0.25) is 0 Å². The third-order valence-corrected chi connectivity index (χ3v) is 5.37. The van der Waals surface area contributed by atoms with E-state index in [0.29, 0.717) is 10.2 Å². The summed E-state index contributed by atoms with van der Waals surface area (Å²) in [6.07, 6.45) is 1.13. The van der Waals surface area contributed by atoms with Gasteiger partial charge < -0.3 is 10.1 Å². The van der Waals surface area contributed by atoms with Crippen LogP contribution in [0.25, 0.3) is 0 Å². The normalized spacial score (nSPS) is 11.3. The number of nitrogens with one attached hydrogen (secondary N) is 1. The Morgan fingerprint density at radius 3 is 2.52 bits per heavy atom. The minimum atomic E-state index is -3.62. The molecule has 0 heterocycles. The highest BCUT2D eigenvalue weighted by Crippen LogP contribution is 2.27.